The molecule has 4 aliphatic heterocycles. The largest absolute Gasteiger partial charge is 0.481 e. The molecule has 5 heteroatoms. The molecular weight excluding hydrogens is 232 g/mol. The highest BCUT2D eigenvalue weighted by Crippen LogP contribution is 2.42. The molecule has 0 aliphatic carbocycles. The van der Waals surface area contributed by atoms with Crippen molar-refractivity contribution in [2.24, 2.45) is 5.92 Å². The number of carbonyl (C=O) groups is 1. The van der Waals surface area contributed by atoms with Crippen LogP contribution in [0, 0.1) is 5.92 Å². The Hall–Kier alpha value is -0.650. The van der Waals surface area contributed by atoms with Crippen molar-refractivity contribution in [2.75, 3.05) is 45.9 Å². The Kier molecular flexibility index (Phi) is 3.30. The molecule has 0 aromatic rings. The minimum Gasteiger partial charge on any atom is -0.481 e. The van der Waals surface area contributed by atoms with Gasteiger partial charge in [0.25, 0.3) is 0 Å². The zero-order valence-corrected chi connectivity index (χ0v) is 10.8. The van der Waals surface area contributed by atoms with Gasteiger partial charge >= 0.3 is 5.97 Å². The van der Waals surface area contributed by atoms with Gasteiger partial charge < -0.3 is 14.7 Å². The molecule has 18 heavy (non-hydrogen) atoms. The van der Waals surface area contributed by atoms with Crippen LogP contribution in [0.2, 0.25) is 0 Å². The van der Waals surface area contributed by atoms with Crippen LogP contribution < -0.4 is 0 Å². The standard InChI is InChI=1S/C13H22N2O3/c16-12(17)9-13(15-5-7-18-8-6-15)10-14-3-1-11(13)2-4-14/h11H,1-10H2,(H,16,17). The highest BCUT2D eigenvalue weighted by Gasteiger charge is 2.51. The summed E-state index contributed by atoms with van der Waals surface area (Å²) in [6.45, 7) is 6.49. The van der Waals surface area contributed by atoms with Crippen LogP contribution in [-0.2, 0) is 9.53 Å². The van der Waals surface area contributed by atoms with E-state index in [2.05, 4.69) is 9.80 Å². The van der Waals surface area contributed by atoms with Gasteiger partial charge in [-0.25, -0.2) is 0 Å². The van der Waals surface area contributed by atoms with Crippen molar-refractivity contribution in [1.82, 2.24) is 9.80 Å². The van der Waals surface area contributed by atoms with E-state index in [1.54, 1.807) is 0 Å². The van der Waals surface area contributed by atoms with Gasteiger partial charge in [0, 0.05) is 25.2 Å². The molecule has 4 saturated heterocycles. The number of carboxylic acids is 1. The second kappa shape index (κ2) is 4.79. The number of morpholine rings is 1. The zero-order valence-electron chi connectivity index (χ0n) is 10.8. The first-order chi connectivity index (χ1) is 8.71. The number of hydrogen-bond acceptors (Lipinski definition) is 4. The lowest BCUT2D eigenvalue weighted by molar-refractivity contribution is -0.151. The van der Waals surface area contributed by atoms with Crippen molar-refractivity contribution < 1.29 is 14.6 Å². The Morgan fingerprint density at radius 2 is 1.89 bits per heavy atom. The van der Waals surface area contributed by atoms with Gasteiger partial charge in [-0.2, -0.15) is 0 Å². The molecule has 102 valence electrons. The third kappa shape index (κ3) is 2.04. The SMILES string of the molecule is O=C(O)CC1(N2CCOCC2)CN2CCC1CC2. The molecule has 0 amide bonds. The van der Waals surface area contributed by atoms with Gasteiger partial charge in [0.1, 0.15) is 0 Å². The van der Waals surface area contributed by atoms with E-state index < -0.39 is 5.97 Å². The van der Waals surface area contributed by atoms with E-state index in [-0.39, 0.29) is 12.0 Å². The quantitative estimate of drug-likeness (QED) is 0.783. The Labute approximate surface area is 108 Å². The molecule has 0 aromatic carbocycles. The molecule has 4 rings (SSSR count). The molecule has 1 N–H and O–H groups in total. The van der Waals surface area contributed by atoms with E-state index in [0.29, 0.717) is 5.92 Å². The van der Waals surface area contributed by atoms with E-state index in [1.807, 2.05) is 0 Å². The van der Waals surface area contributed by atoms with Gasteiger partial charge in [-0.15, -0.1) is 0 Å². The summed E-state index contributed by atoms with van der Waals surface area (Å²) in [6, 6.07) is 0. The first-order valence-electron chi connectivity index (χ1n) is 6.98. The van der Waals surface area contributed by atoms with Crippen molar-refractivity contribution in [1.29, 1.82) is 0 Å². The minimum absolute atomic E-state index is 0.133. The molecule has 4 aliphatic rings. The maximum Gasteiger partial charge on any atom is 0.305 e. The van der Waals surface area contributed by atoms with Gasteiger partial charge in [-0.3, -0.25) is 9.69 Å². The number of hydrogen-bond donors (Lipinski definition) is 1. The summed E-state index contributed by atoms with van der Waals surface area (Å²) in [5, 5.41) is 9.31. The van der Waals surface area contributed by atoms with Crippen molar-refractivity contribution in [3.63, 3.8) is 0 Å². The normalized spacial score (nSPS) is 40.9. The molecule has 0 aromatic heterocycles. The fourth-order valence-corrected chi connectivity index (χ4v) is 4.09. The van der Waals surface area contributed by atoms with E-state index in [0.717, 1.165) is 58.8 Å². The van der Waals surface area contributed by atoms with Gasteiger partial charge in [0.15, 0.2) is 0 Å². The Bertz CT molecular complexity index is 322. The maximum atomic E-state index is 11.3. The lowest BCUT2D eigenvalue weighted by atomic mass is 9.69. The van der Waals surface area contributed by atoms with E-state index in [4.69, 9.17) is 4.74 Å². The second-order valence-corrected chi connectivity index (χ2v) is 5.82. The smallest absolute Gasteiger partial charge is 0.305 e. The van der Waals surface area contributed by atoms with Crippen molar-refractivity contribution in [3.8, 4) is 0 Å². The van der Waals surface area contributed by atoms with Gasteiger partial charge in [0.2, 0.25) is 0 Å². The predicted octanol–water partition coefficient (Wildman–Crippen LogP) is 0.258. The van der Waals surface area contributed by atoms with Crippen LogP contribution in [0.4, 0.5) is 0 Å². The van der Waals surface area contributed by atoms with Crippen LogP contribution in [-0.4, -0.2) is 72.4 Å². The van der Waals surface area contributed by atoms with Crippen LogP contribution in [0.25, 0.3) is 0 Å². The van der Waals surface area contributed by atoms with E-state index in [1.165, 1.54) is 0 Å². The number of ether oxygens (including phenoxy) is 1. The molecule has 0 radical (unpaired) electrons. The van der Waals surface area contributed by atoms with E-state index >= 15 is 0 Å². The van der Waals surface area contributed by atoms with Crippen LogP contribution >= 0.6 is 0 Å². The molecule has 0 saturated carbocycles. The lowest BCUT2D eigenvalue weighted by Gasteiger charge is -2.58. The fraction of sp³-hybridized carbons (Fsp3) is 0.923. The monoisotopic (exact) mass is 254 g/mol. The number of rotatable bonds is 3. The third-order valence-electron chi connectivity index (χ3n) is 4.94. The van der Waals surface area contributed by atoms with Crippen LogP contribution in [0.15, 0.2) is 0 Å². The first kappa shape index (κ1) is 12.4. The summed E-state index contributed by atoms with van der Waals surface area (Å²) in [5.74, 6) is -0.105. The Morgan fingerprint density at radius 1 is 1.22 bits per heavy atom. The van der Waals surface area contributed by atoms with Crippen molar-refractivity contribution >= 4 is 5.97 Å². The molecule has 1 unspecified atom stereocenters. The van der Waals surface area contributed by atoms with Crippen LogP contribution in [0.1, 0.15) is 19.3 Å². The molecular formula is C13H22N2O3. The van der Waals surface area contributed by atoms with Crippen molar-refractivity contribution in [3.05, 3.63) is 0 Å². The number of fused-ring (bicyclic) bond motifs is 3. The number of piperidine rings is 3. The minimum atomic E-state index is -0.657. The number of carboxylic acid groups (broad SMARTS) is 1. The molecule has 4 heterocycles. The lowest BCUT2D eigenvalue weighted by Crippen LogP contribution is -2.69. The summed E-state index contributed by atoms with van der Waals surface area (Å²) in [4.78, 5) is 16.2. The molecule has 5 nitrogen and oxygen atoms in total. The Morgan fingerprint density at radius 3 is 2.39 bits per heavy atom. The topological polar surface area (TPSA) is 53.0 Å². The molecule has 1 atom stereocenters. The molecule has 4 fully saturated rings. The summed E-state index contributed by atoms with van der Waals surface area (Å²) >= 11 is 0. The highest BCUT2D eigenvalue weighted by molar-refractivity contribution is 5.68. The molecule has 2 bridgehead atoms. The number of aliphatic carboxylic acids is 1. The highest BCUT2D eigenvalue weighted by atomic mass is 16.5. The van der Waals surface area contributed by atoms with Crippen LogP contribution in [0.5, 0.6) is 0 Å². The zero-order chi connectivity index (χ0) is 12.6. The fourth-order valence-electron chi connectivity index (χ4n) is 4.09. The Balaban J connectivity index is 1.85. The predicted molar refractivity (Wildman–Crippen MR) is 66.5 cm³/mol. The third-order valence-corrected chi connectivity index (χ3v) is 4.94. The second-order valence-electron chi connectivity index (χ2n) is 5.82. The molecule has 0 spiro atoms. The number of nitrogens with zero attached hydrogens (tertiary/aromatic N) is 2. The van der Waals surface area contributed by atoms with Gasteiger partial charge in [-0.1, -0.05) is 0 Å². The summed E-state index contributed by atoms with van der Waals surface area (Å²) < 4.78 is 5.42. The van der Waals surface area contributed by atoms with E-state index in [9.17, 15) is 9.90 Å². The van der Waals surface area contributed by atoms with Gasteiger partial charge in [0.05, 0.1) is 19.6 Å². The van der Waals surface area contributed by atoms with Crippen molar-refractivity contribution in [2.45, 2.75) is 24.8 Å². The average molecular weight is 254 g/mol. The summed E-state index contributed by atoms with van der Waals surface area (Å²) in [7, 11) is 0. The summed E-state index contributed by atoms with van der Waals surface area (Å²) in [5.41, 5.74) is -0.133. The van der Waals surface area contributed by atoms with Crippen LogP contribution in [0.3, 0.4) is 0 Å². The maximum absolute atomic E-state index is 11.3. The summed E-state index contributed by atoms with van der Waals surface area (Å²) in [6.07, 6.45) is 2.60. The average Bonchev–Trinajstić information content (AvgIpc) is 2.40. The first-order valence-corrected chi connectivity index (χ1v) is 6.98. The van der Waals surface area contributed by atoms with Gasteiger partial charge in [-0.05, 0) is 31.8 Å².